The largest absolute Gasteiger partial charge is 0.478 e. The van der Waals surface area contributed by atoms with Crippen LogP contribution in [0.25, 0.3) is 0 Å². The number of hydrogen-bond donors (Lipinski definition) is 0. The van der Waals surface area contributed by atoms with E-state index in [4.69, 9.17) is 10.00 Å². The van der Waals surface area contributed by atoms with E-state index in [1.807, 2.05) is 55.3 Å². The maximum Gasteiger partial charge on any atom is 0.266 e. The SMILES string of the molecule is Cc1ccc(O[C@H]2C(=O)N(CCc3csc(C)n3)[C@@H]2c2ccc(C#N)cc2)c(C)c1. The van der Waals surface area contributed by atoms with Crippen molar-refractivity contribution in [1.29, 1.82) is 5.26 Å². The molecule has 1 aromatic heterocycles. The molecule has 0 bridgehead atoms. The highest BCUT2D eigenvalue weighted by Crippen LogP contribution is 2.38. The molecule has 0 unspecified atom stereocenters. The lowest BCUT2D eigenvalue weighted by atomic mass is 9.89. The monoisotopic (exact) mass is 417 g/mol. The average molecular weight is 418 g/mol. The van der Waals surface area contributed by atoms with Crippen molar-refractivity contribution >= 4 is 17.2 Å². The van der Waals surface area contributed by atoms with Crippen LogP contribution in [0.1, 0.15) is 39.0 Å². The van der Waals surface area contributed by atoms with Gasteiger partial charge in [0.05, 0.1) is 22.3 Å². The van der Waals surface area contributed by atoms with E-state index in [0.29, 0.717) is 18.5 Å². The number of aryl methyl sites for hydroxylation is 3. The van der Waals surface area contributed by atoms with Crippen molar-refractivity contribution < 1.29 is 9.53 Å². The topological polar surface area (TPSA) is 66.2 Å². The summed E-state index contributed by atoms with van der Waals surface area (Å²) >= 11 is 1.62. The van der Waals surface area contributed by atoms with Gasteiger partial charge in [0.2, 0.25) is 6.10 Å². The molecule has 0 spiro atoms. The van der Waals surface area contributed by atoms with Crippen LogP contribution < -0.4 is 4.74 Å². The van der Waals surface area contributed by atoms with Gasteiger partial charge in [-0.25, -0.2) is 4.98 Å². The van der Waals surface area contributed by atoms with Crippen molar-refractivity contribution in [2.45, 2.75) is 39.3 Å². The molecule has 152 valence electrons. The summed E-state index contributed by atoms with van der Waals surface area (Å²) in [6.07, 6.45) is 0.135. The highest BCUT2D eigenvalue weighted by Gasteiger charge is 2.50. The zero-order valence-electron chi connectivity index (χ0n) is 17.3. The van der Waals surface area contributed by atoms with Crippen LogP contribution >= 0.6 is 11.3 Å². The third kappa shape index (κ3) is 3.94. The Hall–Kier alpha value is -3.17. The number of amides is 1. The summed E-state index contributed by atoms with van der Waals surface area (Å²) in [7, 11) is 0. The van der Waals surface area contributed by atoms with Crippen LogP contribution in [0.2, 0.25) is 0 Å². The highest BCUT2D eigenvalue weighted by molar-refractivity contribution is 7.09. The molecule has 1 amide bonds. The van der Waals surface area contributed by atoms with E-state index in [2.05, 4.69) is 17.1 Å². The molecular formula is C24H23N3O2S. The van der Waals surface area contributed by atoms with Crippen molar-refractivity contribution in [1.82, 2.24) is 9.88 Å². The molecule has 1 fully saturated rings. The number of likely N-dealkylation sites (tertiary alicyclic amines) is 1. The molecular weight excluding hydrogens is 394 g/mol. The van der Waals surface area contributed by atoms with Gasteiger partial charge in [0, 0.05) is 18.3 Å². The molecule has 5 nitrogen and oxygen atoms in total. The number of carbonyl (C=O) groups excluding carboxylic acids is 1. The van der Waals surface area contributed by atoms with Crippen LogP contribution in [0.5, 0.6) is 5.75 Å². The van der Waals surface area contributed by atoms with Crippen LogP contribution in [-0.4, -0.2) is 28.4 Å². The highest BCUT2D eigenvalue weighted by atomic mass is 32.1. The van der Waals surface area contributed by atoms with E-state index in [1.165, 1.54) is 0 Å². The van der Waals surface area contributed by atoms with E-state index >= 15 is 0 Å². The summed E-state index contributed by atoms with van der Waals surface area (Å²) in [4.78, 5) is 19.4. The molecule has 0 N–H and O–H groups in total. The Morgan fingerprint density at radius 1 is 1.17 bits per heavy atom. The molecule has 0 radical (unpaired) electrons. The number of nitrogens with zero attached hydrogens (tertiary/aromatic N) is 3. The second kappa shape index (κ2) is 8.29. The van der Waals surface area contributed by atoms with Gasteiger partial charge in [-0.15, -0.1) is 11.3 Å². The summed E-state index contributed by atoms with van der Waals surface area (Å²) in [6.45, 7) is 6.59. The quantitative estimate of drug-likeness (QED) is 0.554. The minimum absolute atomic E-state index is 0.0173. The Labute approximate surface area is 180 Å². The molecule has 1 aliphatic heterocycles. The normalized spacial score (nSPS) is 18.1. The van der Waals surface area contributed by atoms with Gasteiger partial charge >= 0.3 is 0 Å². The third-order valence-corrected chi connectivity index (χ3v) is 6.21. The van der Waals surface area contributed by atoms with Crippen LogP contribution in [0.4, 0.5) is 0 Å². The summed E-state index contributed by atoms with van der Waals surface area (Å²) in [5, 5.41) is 12.2. The summed E-state index contributed by atoms with van der Waals surface area (Å²) < 4.78 is 6.19. The smallest absolute Gasteiger partial charge is 0.266 e. The second-order valence-electron chi connectivity index (χ2n) is 7.63. The van der Waals surface area contributed by atoms with E-state index in [1.54, 1.807) is 23.5 Å². The molecule has 3 aromatic rings. The molecule has 0 saturated carbocycles. The molecule has 2 atom stereocenters. The van der Waals surface area contributed by atoms with Gasteiger partial charge in [0.25, 0.3) is 5.91 Å². The number of ether oxygens (including phenoxy) is 1. The fourth-order valence-electron chi connectivity index (χ4n) is 3.82. The Bertz CT molecular complexity index is 1110. The van der Waals surface area contributed by atoms with Gasteiger partial charge in [0.1, 0.15) is 11.8 Å². The summed E-state index contributed by atoms with van der Waals surface area (Å²) in [5.74, 6) is 0.712. The predicted octanol–water partition coefficient (Wildman–Crippen LogP) is 4.51. The Morgan fingerprint density at radius 2 is 1.93 bits per heavy atom. The minimum Gasteiger partial charge on any atom is -0.478 e. The Balaban J connectivity index is 1.58. The lowest BCUT2D eigenvalue weighted by molar-refractivity contribution is -0.164. The van der Waals surface area contributed by atoms with Gasteiger partial charge in [0.15, 0.2) is 0 Å². The number of benzene rings is 2. The molecule has 2 aromatic carbocycles. The molecule has 1 saturated heterocycles. The first kappa shape index (κ1) is 20.1. The van der Waals surface area contributed by atoms with Crippen molar-refractivity contribution in [2.24, 2.45) is 0 Å². The fourth-order valence-corrected chi connectivity index (χ4v) is 4.46. The zero-order chi connectivity index (χ0) is 21.3. The van der Waals surface area contributed by atoms with E-state index in [0.717, 1.165) is 33.1 Å². The van der Waals surface area contributed by atoms with Gasteiger partial charge in [-0.05, 0) is 50.1 Å². The first-order chi connectivity index (χ1) is 14.5. The van der Waals surface area contributed by atoms with Gasteiger partial charge in [-0.1, -0.05) is 29.8 Å². The summed E-state index contributed by atoms with van der Waals surface area (Å²) in [5.41, 5.74) is 4.74. The third-order valence-electron chi connectivity index (χ3n) is 5.39. The zero-order valence-corrected chi connectivity index (χ0v) is 18.1. The Morgan fingerprint density at radius 3 is 2.57 bits per heavy atom. The molecule has 4 rings (SSSR count). The Kier molecular flexibility index (Phi) is 5.56. The van der Waals surface area contributed by atoms with Crippen LogP contribution in [0.15, 0.2) is 47.8 Å². The van der Waals surface area contributed by atoms with Gasteiger partial charge in [-0.2, -0.15) is 5.26 Å². The lowest BCUT2D eigenvalue weighted by Gasteiger charge is -2.47. The molecule has 2 heterocycles. The first-order valence-corrected chi connectivity index (χ1v) is 10.8. The maximum absolute atomic E-state index is 13.0. The minimum atomic E-state index is -0.573. The number of thiazole rings is 1. The van der Waals surface area contributed by atoms with Crippen LogP contribution in [0.3, 0.4) is 0 Å². The van der Waals surface area contributed by atoms with Gasteiger partial charge in [-0.3, -0.25) is 4.79 Å². The molecule has 30 heavy (non-hydrogen) atoms. The number of nitriles is 1. The second-order valence-corrected chi connectivity index (χ2v) is 8.69. The first-order valence-electron chi connectivity index (χ1n) is 9.91. The molecule has 6 heteroatoms. The van der Waals surface area contributed by atoms with Crippen LogP contribution in [-0.2, 0) is 11.2 Å². The number of carbonyl (C=O) groups is 1. The van der Waals surface area contributed by atoms with E-state index in [9.17, 15) is 4.79 Å². The maximum atomic E-state index is 13.0. The number of hydrogen-bond acceptors (Lipinski definition) is 5. The van der Waals surface area contributed by atoms with E-state index in [-0.39, 0.29) is 11.9 Å². The number of rotatable bonds is 6. The lowest BCUT2D eigenvalue weighted by Crippen LogP contribution is -2.61. The predicted molar refractivity (Wildman–Crippen MR) is 116 cm³/mol. The number of β-lactam (4-membered cyclic amide) rings is 1. The fraction of sp³-hybridized carbons (Fsp3) is 0.292. The van der Waals surface area contributed by atoms with Gasteiger partial charge < -0.3 is 9.64 Å². The standard InChI is InChI=1S/C24H23N3O2S/c1-15-4-9-21(16(2)12-15)29-23-22(19-7-5-18(13-25)6-8-19)27(24(23)28)11-10-20-14-30-17(3)26-20/h4-9,12,14,22-23H,10-11H2,1-3H3/t22-,23-/m1/s1. The summed E-state index contributed by atoms with van der Waals surface area (Å²) in [6, 6.07) is 15.3. The number of aromatic nitrogens is 1. The van der Waals surface area contributed by atoms with Crippen LogP contribution in [0, 0.1) is 32.1 Å². The van der Waals surface area contributed by atoms with Crippen molar-refractivity contribution in [2.75, 3.05) is 6.54 Å². The molecule has 0 aliphatic carbocycles. The van der Waals surface area contributed by atoms with Crippen molar-refractivity contribution in [3.8, 4) is 11.8 Å². The van der Waals surface area contributed by atoms with Crippen molar-refractivity contribution in [3.63, 3.8) is 0 Å². The van der Waals surface area contributed by atoms with E-state index < -0.39 is 6.10 Å². The average Bonchev–Trinajstić information content (AvgIpc) is 3.16. The molecule has 1 aliphatic rings. The van der Waals surface area contributed by atoms with Crippen molar-refractivity contribution in [3.05, 3.63) is 80.8 Å².